The third-order valence-corrected chi connectivity index (χ3v) is 4.70. The van der Waals surface area contributed by atoms with E-state index < -0.39 is 0 Å². The summed E-state index contributed by atoms with van der Waals surface area (Å²) in [5.41, 5.74) is 0. The molecule has 0 aliphatic rings. The number of unbranched alkanes of at least 4 members (excludes halogenated alkanes) is 10. The van der Waals surface area contributed by atoms with Gasteiger partial charge in [0.15, 0.2) is 0 Å². The van der Waals surface area contributed by atoms with Crippen LogP contribution >= 0.6 is 0 Å². The molecule has 0 fully saturated rings. The van der Waals surface area contributed by atoms with Crippen molar-refractivity contribution < 1.29 is 19.1 Å². The van der Waals surface area contributed by atoms with Crippen LogP contribution in [0.25, 0.3) is 0 Å². The molecular formula is C24H44O4. The molecule has 0 N–H and O–H groups in total. The minimum absolute atomic E-state index is 0.142. The highest BCUT2D eigenvalue weighted by atomic mass is 16.5. The van der Waals surface area contributed by atoms with Crippen molar-refractivity contribution in [3.8, 4) is 0 Å². The monoisotopic (exact) mass is 396 g/mol. The highest BCUT2D eigenvalue weighted by molar-refractivity contribution is 5.70. The molecule has 0 aromatic rings. The first kappa shape index (κ1) is 26.7. The molecule has 0 bridgehead atoms. The lowest BCUT2D eigenvalue weighted by Gasteiger charge is -2.06. The first-order valence-corrected chi connectivity index (χ1v) is 11.7. The van der Waals surface area contributed by atoms with Gasteiger partial charge < -0.3 is 9.47 Å². The predicted octanol–water partition coefficient (Wildman–Crippen LogP) is 6.91. The van der Waals surface area contributed by atoms with Gasteiger partial charge in [-0.25, -0.2) is 0 Å². The number of hydrogen-bond donors (Lipinski definition) is 0. The van der Waals surface area contributed by atoms with Crippen LogP contribution in [0.2, 0.25) is 0 Å². The second-order valence-electron chi connectivity index (χ2n) is 7.50. The van der Waals surface area contributed by atoms with Gasteiger partial charge in [0, 0.05) is 12.8 Å². The Labute approximate surface area is 173 Å². The van der Waals surface area contributed by atoms with Gasteiger partial charge in [-0.15, -0.1) is 0 Å². The molecule has 0 atom stereocenters. The molecule has 0 radical (unpaired) electrons. The first-order chi connectivity index (χ1) is 13.7. The smallest absolute Gasteiger partial charge is 0.305 e. The average molecular weight is 397 g/mol. The molecule has 28 heavy (non-hydrogen) atoms. The van der Waals surface area contributed by atoms with Crippen molar-refractivity contribution in [2.45, 2.75) is 117 Å². The molecule has 4 nitrogen and oxygen atoms in total. The molecule has 0 unspecified atom stereocenters. The lowest BCUT2D eigenvalue weighted by Crippen LogP contribution is -2.08. The van der Waals surface area contributed by atoms with Crippen LogP contribution in [0, 0.1) is 0 Å². The molecule has 4 heteroatoms. The summed E-state index contributed by atoms with van der Waals surface area (Å²) in [5.74, 6) is -0.299. The zero-order valence-electron chi connectivity index (χ0n) is 18.5. The summed E-state index contributed by atoms with van der Waals surface area (Å²) in [6, 6.07) is 0. The average Bonchev–Trinajstić information content (AvgIpc) is 2.69. The Hall–Kier alpha value is -1.32. The highest BCUT2D eigenvalue weighted by Gasteiger charge is 2.06. The Morgan fingerprint density at radius 1 is 0.607 bits per heavy atom. The third kappa shape index (κ3) is 21.0. The topological polar surface area (TPSA) is 52.6 Å². The fraction of sp³-hybridized carbons (Fsp3) is 0.833. The van der Waals surface area contributed by atoms with Crippen molar-refractivity contribution in [2.24, 2.45) is 0 Å². The van der Waals surface area contributed by atoms with E-state index in [4.69, 9.17) is 9.47 Å². The summed E-state index contributed by atoms with van der Waals surface area (Å²) in [7, 11) is 0. The molecule has 0 aromatic heterocycles. The first-order valence-electron chi connectivity index (χ1n) is 11.7. The van der Waals surface area contributed by atoms with Gasteiger partial charge >= 0.3 is 11.9 Å². The van der Waals surface area contributed by atoms with Crippen molar-refractivity contribution in [1.82, 2.24) is 0 Å². The zero-order valence-corrected chi connectivity index (χ0v) is 18.5. The van der Waals surface area contributed by atoms with Gasteiger partial charge in [0.2, 0.25) is 0 Å². The fourth-order valence-corrected chi connectivity index (χ4v) is 2.91. The second-order valence-corrected chi connectivity index (χ2v) is 7.50. The van der Waals surface area contributed by atoms with E-state index in [-0.39, 0.29) is 11.9 Å². The molecule has 0 aliphatic carbocycles. The molecule has 0 aliphatic heterocycles. The molecule has 0 amide bonds. The lowest BCUT2D eigenvalue weighted by atomic mass is 10.1. The standard InChI is InChI=1S/C24H44O4/c1-3-5-7-8-9-10-11-12-13-14-15-18-22-28-24(26)20-17-16-19-23(25)27-21-6-4-2/h5,7H,3-4,6,8-22H2,1-2H3/b7-5+. The molecular weight excluding hydrogens is 352 g/mol. The van der Waals surface area contributed by atoms with Crippen LogP contribution < -0.4 is 0 Å². The SMILES string of the molecule is CC/C=C/CCCCCCCCCCOC(=O)CCCCC(=O)OCCCC. The Morgan fingerprint density at radius 2 is 1.11 bits per heavy atom. The second kappa shape index (κ2) is 22.0. The Balaban J connectivity index is 3.26. The van der Waals surface area contributed by atoms with Crippen molar-refractivity contribution in [3.63, 3.8) is 0 Å². The van der Waals surface area contributed by atoms with E-state index in [1.165, 1.54) is 44.9 Å². The number of carbonyl (C=O) groups excluding carboxylic acids is 2. The number of ether oxygens (including phenoxy) is 2. The van der Waals surface area contributed by atoms with Crippen molar-refractivity contribution in [2.75, 3.05) is 13.2 Å². The van der Waals surface area contributed by atoms with Crippen LogP contribution in [0.5, 0.6) is 0 Å². The molecule has 164 valence electrons. The molecule has 0 heterocycles. The van der Waals surface area contributed by atoms with Crippen LogP contribution in [0.15, 0.2) is 12.2 Å². The Morgan fingerprint density at radius 3 is 1.64 bits per heavy atom. The van der Waals surface area contributed by atoms with Gasteiger partial charge in [-0.1, -0.05) is 70.9 Å². The van der Waals surface area contributed by atoms with Crippen LogP contribution in [-0.4, -0.2) is 25.2 Å². The maximum atomic E-state index is 11.7. The van der Waals surface area contributed by atoms with E-state index in [9.17, 15) is 9.59 Å². The van der Waals surface area contributed by atoms with E-state index in [0.717, 1.165) is 32.1 Å². The van der Waals surface area contributed by atoms with Gasteiger partial charge in [0.05, 0.1) is 13.2 Å². The lowest BCUT2D eigenvalue weighted by molar-refractivity contribution is -0.146. The van der Waals surface area contributed by atoms with Gasteiger partial charge in [-0.3, -0.25) is 9.59 Å². The van der Waals surface area contributed by atoms with Gasteiger partial charge in [-0.2, -0.15) is 0 Å². The van der Waals surface area contributed by atoms with Crippen molar-refractivity contribution >= 4 is 11.9 Å². The molecule has 0 spiro atoms. The maximum Gasteiger partial charge on any atom is 0.305 e. The normalized spacial score (nSPS) is 11.1. The van der Waals surface area contributed by atoms with Crippen LogP contribution in [0.1, 0.15) is 117 Å². The molecule has 0 saturated carbocycles. The number of carbonyl (C=O) groups is 2. The van der Waals surface area contributed by atoms with E-state index in [1.54, 1.807) is 0 Å². The van der Waals surface area contributed by atoms with Crippen LogP contribution in [0.4, 0.5) is 0 Å². The Bertz CT molecular complexity index is 390. The number of rotatable bonds is 20. The van der Waals surface area contributed by atoms with Crippen molar-refractivity contribution in [1.29, 1.82) is 0 Å². The summed E-state index contributed by atoms with van der Waals surface area (Å²) in [6.07, 6.45) is 20.9. The van der Waals surface area contributed by atoms with Gasteiger partial charge in [0.1, 0.15) is 0 Å². The minimum Gasteiger partial charge on any atom is -0.466 e. The minimum atomic E-state index is -0.157. The van der Waals surface area contributed by atoms with E-state index in [0.29, 0.717) is 38.9 Å². The summed E-state index contributed by atoms with van der Waals surface area (Å²) in [6.45, 7) is 5.28. The highest BCUT2D eigenvalue weighted by Crippen LogP contribution is 2.10. The largest absolute Gasteiger partial charge is 0.466 e. The van der Waals surface area contributed by atoms with Gasteiger partial charge in [0.25, 0.3) is 0 Å². The number of hydrogen-bond acceptors (Lipinski definition) is 4. The summed E-state index contributed by atoms with van der Waals surface area (Å²) < 4.78 is 10.3. The zero-order chi connectivity index (χ0) is 20.7. The fourth-order valence-electron chi connectivity index (χ4n) is 2.91. The summed E-state index contributed by atoms with van der Waals surface area (Å²) >= 11 is 0. The predicted molar refractivity (Wildman–Crippen MR) is 116 cm³/mol. The molecule has 0 aromatic carbocycles. The Kier molecular flexibility index (Phi) is 20.9. The molecule has 0 rings (SSSR count). The van der Waals surface area contributed by atoms with E-state index in [1.807, 2.05) is 0 Å². The number of esters is 2. The third-order valence-electron chi connectivity index (χ3n) is 4.70. The molecule has 0 saturated heterocycles. The van der Waals surface area contributed by atoms with Crippen LogP contribution in [0.3, 0.4) is 0 Å². The van der Waals surface area contributed by atoms with Gasteiger partial charge in [-0.05, 0) is 44.9 Å². The van der Waals surface area contributed by atoms with E-state index >= 15 is 0 Å². The summed E-state index contributed by atoms with van der Waals surface area (Å²) in [4.78, 5) is 23.1. The van der Waals surface area contributed by atoms with E-state index in [2.05, 4.69) is 26.0 Å². The summed E-state index contributed by atoms with van der Waals surface area (Å²) in [5, 5.41) is 0. The van der Waals surface area contributed by atoms with Crippen molar-refractivity contribution in [3.05, 3.63) is 12.2 Å². The quantitative estimate of drug-likeness (QED) is 0.127. The number of allylic oxidation sites excluding steroid dienone is 2. The maximum absolute atomic E-state index is 11.7. The van der Waals surface area contributed by atoms with Crippen LogP contribution in [-0.2, 0) is 19.1 Å².